The largest absolute Gasteiger partial charge is 0.362 e. The van der Waals surface area contributed by atoms with Gasteiger partial charge in [0, 0.05) is 17.8 Å². The molecule has 0 heterocycles. The molecule has 0 aromatic heterocycles. The van der Waals surface area contributed by atoms with E-state index in [2.05, 4.69) is 43.5 Å². The molecule has 0 radical (unpaired) electrons. The summed E-state index contributed by atoms with van der Waals surface area (Å²) in [7, 11) is 4.20. The zero-order chi connectivity index (χ0) is 13.6. The third-order valence-electron chi connectivity index (χ3n) is 3.26. The first-order chi connectivity index (χ1) is 8.42. The Hall–Kier alpha value is -1.13. The topological polar surface area (TPSA) is 27.3 Å². The number of anilines is 1. The van der Waals surface area contributed by atoms with Crippen LogP contribution >= 0.6 is 12.2 Å². The molecule has 0 bridgehead atoms. The van der Waals surface area contributed by atoms with Crippen LogP contribution < -0.4 is 10.6 Å². The summed E-state index contributed by atoms with van der Waals surface area (Å²) in [4.78, 5) is 2.22. The van der Waals surface area contributed by atoms with Crippen LogP contribution in [-0.4, -0.2) is 36.2 Å². The third kappa shape index (κ3) is 5.02. The summed E-state index contributed by atoms with van der Waals surface area (Å²) in [5.74, 6) is 0. The van der Waals surface area contributed by atoms with E-state index in [0.29, 0.717) is 5.11 Å². The van der Waals surface area contributed by atoms with Crippen molar-refractivity contribution >= 4 is 23.0 Å². The number of hydrogen-bond acceptors (Lipinski definition) is 2. The van der Waals surface area contributed by atoms with Crippen LogP contribution in [0.4, 0.5) is 5.69 Å². The van der Waals surface area contributed by atoms with Crippen molar-refractivity contribution in [3.8, 4) is 0 Å². The van der Waals surface area contributed by atoms with E-state index in [-0.39, 0.29) is 5.54 Å². The van der Waals surface area contributed by atoms with E-state index in [9.17, 15) is 0 Å². The molecule has 0 fully saturated rings. The summed E-state index contributed by atoms with van der Waals surface area (Å²) in [5, 5.41) is 7.08. The fraction of sp³-hybridized carbons (Fsp3) is 0.500. The van der Waals surface area contributed by atoms with Crippen molar-refractivity contribution in [2.75, 3.05) is 26.0 Å². The van der Waals surface area contributed by atoms with E-state index < -0.39 is 0 Å². The standard InChI is InChI=1S/C14H23N3S/c1-14(2,17(3)4)10-11-15-13(18)16-12-8-6-5-7-9-12/h5-9H,10-11H2,1-4H3,(H2,15,16,18). The maximum Gasteiger partial charge on any atom is 0.170 e. The molecule has 0 saturated carbocycles. The maximum absolute atomic E-state index is 5.25. The lowest BCUT2D eigenvalue weighted by Gasteiger charge is -2.32. The fourth-order valence-electron chi connectivity index (χ4n) is 1.40. The highest BCUT2D eigenvalue weighted by Gasteiger charge is 2.19. The molecule has 18 heavy (non-hydrogen) atoms. The second-order valence-electron chi connectivity index (χ2n) is 5.20. The van der Waals surface area contributed by atoms with Crippen molar-refractivity contribution in [2.45, 2.75) is 25.8 Å². The predicted molar refractivity (Wildman–Crippen MR) is 83.0 cm³/mol. The van der Waals surface area contributed by atoms with E-state index in [1.165, 1.54) is 0 Å². The van der Waals surface area contributed by atoms with Gasteiger partial charge in [0.2, 0.25) is 0 Å². The van der Waals surface area contributed by atoms with Crippen LogP contribution in [0.2, 0.25) is 0 Å². The molecule has 3 nitrogen and oxygen atoms in total. The first-order valence-electron chi connectivity index (χ1n) is 6.19. The van der Waals surface area contributed by atoms with Crippen LogP contribution in [0.15, 0.2) is 30.3 Å². The monoisotopic (exact) mass is 265 g/mol. The van der Waals surface area contributed by atoms with Gasteiger partial charge in [-0.2, -0.15) is 0 Å². The summed E-state index contributed by atoms with van der Waals surface area (Å²) in [6.45, 7) is 5.31. The number of para-hydroxylation sites is 1. The smallest absolute Gasteiger partial charge is 0.170 e. The predicted octanol–water partition coefficient (Wildman–Crippen LogP) is 2.70. The zero-order valence-electron chi connectivity index (χ0n) is 11.7. The summed E-state index contributed by atoms with van der Waals surface area (Å²) >= 11 is 5.25. The minimum absolute atomic E-state index is 0.176. The van der Waals surface area contributed by atoms with Crippen LogP contribution in [-0.2, 0) is 0 Å². The highest BCUT2D eigenvalue weighted by molar-refractivity contribution is 7.80. The molecule has 0 aliphatic carbocycles. The number of benzene rings is 1. The summed E-state index contributed by atoms with van der Waals surface area (Å²) in [6, 6.07) is 9.96. The Balaban J connectivity index is 2.30. The lowest BCUT2D eigenvalue weighted by atomic mass is 9.99. The van der Waals surface area contributed by atoms with Gasteiger partial charge in [-0.1, -0.05) is 18.2 Å². The number of nitrogens with zero attached hydrogens (tertiary/aromatic N) is 1. The maximum atomic E-state index is 5.25. The quantitative estimate of drug-likeness (QED) is 0.801. The van der Waals surface area contributed by atoms with E-state index in [1.807, 2.05) is 30.3 Å². The first kappa shape index (κ1) is 14.9. The van der Waals surface area contributed by atoms with Crippen LogP contribution in [0.5, 0.6) is 0 Å². The van der Waals surface area contributed by atoms with Gasteiger partial charge in [-0.05, 0) is 58.7 Å². The van der Waals surface area contributed by atoms with Crippen LogP contribution in [0.3, 0.4) is 0 Å². The van der Waals surface area contributed by atoms with Gasteiger partial charge in [-0.25, -0.2) is 0 Å². The van der Waals surface area contributed by atoms with Gasteiger partial charge in [0.15, 0.2) is 5.11 Å². The second kappa shape index (κ2) is 6.71. The van der Waals surface area contributed by atoms with E-state index in [1.54, 1.807) is 0 Å². The lowest BCUT2D eigenvalue weighted by molar-refractivity contribution is 0.184. The molecular weight excluding hydrogens is 242 g/mol. The molecule has 1 aromatic rings. The average molecular weight is 265 g/mol. The number of hydrogen-bond donors (Lipinski definition) is 2. The molecule has 1 rings (SSSR count). The Morgan fingerprint density at radius 2 is 1.83 bits per heavy atom. The highest BCUT2D eigenvalue weighted by Crippen LogP contribution is 2.13. The van der Waals surface area contributed by atoms with Crippen molar-refractivity contribution in [3.63, 3.8) is 0 Å². The molecule has 4 heteroatoms. The number of rotatable bonds is 5. The van der Waals surface area contributed by atoms with Crippen molar-refractivity contribution in [3.05, 3.63) is 30.3 Å². The van der Waals surface area contributed by atoms with E-state index in [0.717, 1.165) is 18.7 Å². The molecule has 100 valence electrons. The molecule has 0 saturated heterocycles. The van der Waals surface area contributed by atoms with Gasteiger partial charge in [0.05, 0.1) is 0 Å². The second-order valence-corrected chi connectivity index (χ2v) is 5.61. The number of thiocarbonyl (C=S) groups is 1. The van der Waals surface area contributed by atoms with Crippen molar-refractivity contribution in [1.82, 2.24) is 10.2 Å². The van der Waals surface area contributed by atoms with Crippen LogP contribution in [0.1, 0.15) is 20.3 Å². The molecule has 0 aliphatic heterocycles. The van der Waals surface area contributed by atoms with Gasteiger partial charge >= 0.3 is 0 Å². The molecule has 2 N–H and O–H groups in total. The average Bonchev–Trinajstić information content (AvgIpc) is 2.29. The summed E-state index contributed by atoms with van der Waals surface area (Å²) in [6.07, 6.45) is 1.04. The summed E-state index contributed by atoms with van der Waals surface area (Å²) < 4.78 is 0. The van der Waals surface area contributed by atoms with Gasteiger partial charge < -0.3 is 15.5 Å². The van der Waals surface area contributed by atoms with Gasteiger partial charge in [0.25, 0.3) is 0 Å². The van der Waals surface area contributed by atoms with Gasteiger partial charge in [-0.3, -0.25) is 0 Å². The fourth-order valence-corrected chi connectivity index (χ4v) is 1.62. The SMILES string of the molecule is CN(C)C(C)(C)CCNC(=S)Nc1ccccc1. The van der Waals surface area contributed by atoms with E-state index >= 15 is 0 Å². The van der Waals surface area contributed by atoms with Gasteiger partial charge in [0.1, 0.15) is 0 Å². The first-order valence-corrected chi connectivity index (χ1v) is 6.60. The Morgan fingerprint density at radius 1 is 1.22 bits per heavy atom. The van der Waals surface area contributed by atoms with Crippen LogP contribution in [0.25, 0.3) is 0 Å². The summed E-state index contributed by atoms with van der Waals surface area (Å²) in [5.41, 5.74) is 1.19. The van der Waals surface area contributed by atoms with Crippen molar-refractivity contribution in [1.29, 1.82) is 0 Å². The van der Waals surface area contributed by atoms with Crippen molar-refractivity contribution < 1.29 is 0 Å². The molecular formula is C14H23N3S. The number of nitrogens with one attached hydrogen (secondary N) is 2. The van der Waals surface area contributed by atoms with Crippen LogP contribution in [0, 0.1) is 0 Å². The molecule has 0 unspecified atom stereocenters. The lowest BCUT2D eigenvalue weighted by Crippen LogP contribution is -2.42. The normalized spacial score (nSPS) is 11.4. The minimum Gasteiger partial charge on any atom is -0.362 e. The third-order valence-corrected chi connectivity index (χ3v) is 3.51. The Labute approximate surface area is 116 Å². The molecule has 0 atom stereocenters. The highest BCUT2D eigenvalue weighted by atomic mass is 32.1. The molecule has 1 aromatic carbocycles. The Kier molecular flexibility index (Phi) is 5.56. The van der Waals surface area contributed by atoms with Gasteiger partial charge in [-0.15, -0.1) is 0 Å². The Morgan fingerprint density at radius 3 is 2.39 bits per heavy atom. The zero-order valence-corrected chi connectivity index (χ0v) is 12.5. The van der Waals surface area contributed by atoms with Crippen molar-refractivity contribution in [2.24, 2.45) is 0 Å². The minimum atomic E-state index is 0.176. The molecule has 0 amide bonds. The molecule has 0 aliphatic rings. The molecule has 0 spiro atoms. The van der Waals surface area contributed by atoms with E-state index in [4.69, 9.17) is 12.2 Å². The Bertz CT molecular complexity index is 374.